The standard InChI is InChI=1S/C10H10O2S/c1-7-4-5-9(13-7)10(11)8-3-2-6-12-8/h3-5H,2,6H2,1H3. The second-order valence-electron chi connectivity index (χ2n) is 2.94. The lowest BCUT2D eigenvalue weighted by molar-refractivity contribution is 0.0946. The Morgan fingerprint density at radius 1 is 1.54 bits per heavy atom. The Morgan fingerprint density at radius 2 is 2.38 bits per heavy atom. The molecule has 13 heavy (non-hydrogen) atoms. The molecule has 1 aromatic rings. The molecule has 0 amide bonds. The SMILES string of the molecule is Cc1ccc(C(=O)C2=CCCO2)s1. The molecule has 0 radical (unpaired) electrons. The number of hydrogen-bond acceptors (Lipinski definition) is 3. The first-order valence-corrected chi connectivity index (χ1v) is 5.03. The van der Waals surface area contributed by atoms with Crippen LogP contribution < -0.4 is 0 Å². The molecule has 0 spiro atoms. The Bertz CT molecular complexity index is 363. The third-order valence-corrected chi connectivity index (χ3v) is 2.89. The fourth-order valence-corrected chi connectivity index (χ4v) is 2.07. The second-order valence-corrected chi connectivity index (χ2v) is 4.23. The molecule has 0 N–H and O–H groups in total. The topological polar surface area (TPSA) is 26.3 Å². The Kier molecular flexibility index (Phi) is 2.19. The van der Waals surface area contributed by atoms with E-state index >= 15 is 0 Å². The van der Waals surface area contributed by atoms with E-state index in [0.717, 1.165) is 16.2 Å². The van der Waals surface area contributed by atoms with Gasteiger partial charge < -0.3 is 4.74 Å². The molecule has 3 heteroatoms. The maximum absolute atomic E-state index is 11.7. The van der Waals surface area contributed by atoms with Crippen molar-refractivity contribution < 1.29 is 9.53 Å². The van der Waals surface area contributed by atoms with Gasteiger partial charge in [-0.25, -0.2) is 0 Å². The number of ketones is 1. The predicted molar refractivity (Wildman–Crippen MR) is 52.0 cm³/mol. The van der Waals surface area contributed by atoms with E-state index in [4.69, 9.17) is 4.74 Å². The number of thiophene rings is 1. The van der Waals surface area contributed by atoms with Crippen molar-refractivity contribution in [1.82, 2.24) is 0 Å². The van der Waals surface area contributed by atoms with Gasteiger partial charge in [-0.3, -0.25) is 4.79 Å². The zero-order chi connectivity index (χ0) is 9.26. The van der Waals surface area contributed by atoms with Crippen molar-refractivity contribution in [3.05, 3.63) is 33.7 Å². The minimum Gasteiger partial charge on any atom is -0.489 e. The molecule has 0 fully saturated rings. The maximum atomic E-state index is 11.7. The van der Waals surface area contributed by atoms with Crippen LogP contribution in [0.1, 0.15) is 21.0 Å². The van der Waals surface area contributed by atoms with Crippen molar-refractivity contribution in [3.8, 4) is 0 Å². The van der Waals surface area contributed by atoms with Crippen LogP contribution >= 0.6 is 11.3 Å². The van der Waals surface area contributed by atoms with Crippen molar-refractivity contribution in [3.63, 3.8) is 0 Å². The van der Waals surface area contributed by atoms with Gasteiger partial charge in [0, 0.05) is 11.3 Å². The zero-order valence-corrected chi connectivity index (χ0v) is 8.19. The molecule has 2 heterocycles. The molecule has 0 aliphatic carbocycles. The molecular weight excluding hydrogens is 184 g/mol. The van der Waals surface area contributed by atoms with E-state index in [9.17, 15) is 4.79 Å². The fourth-order valence-electron chi connectivity index (χ4n) is 1.25. The summed E-state index contributed by atoms with van der Waals surface area (Å²) in [5, 5.41) is 0. The first-order chi connectivity index (χ1) is 6.27. The minimum atomic E-state index is 0.0237. The van der Waals surface area contributed by atoms with Gasteiger partial charge in [0.05, 0.1) is 11.5 Å². The molecule has 1 aliphatic rings. The predicted octanol–water partition coefficient (Wildman–Crippen LogP) is 2.54. The normalized spacial score (nSPS) is 15.3. The number of Topliss-reactive ketones (excluding diaryl/α,β-unsaturated/α-hetero) is 1. The van der Waals surface area contributed by atoms with E-state index in [2.05, 4.69) is 0 Å². The summed E-state index contributed by atoms with van der Waals surface area (Å²) in [4.78, 5) is 13.6. The average molecular weight is 194 g/mol. The monoisotopic (exact) mass is 194 g/mol. The lowest BCUT2D eigenvalue weighted by Crippen LogP contribution is -2.01. The Labute approximate surface area is 80.8 Å². The van der Waals surface area contributed by atoms with E-state index < -0.39 is 0 Å². The van der Waals surface area contributed by atoms with Crippen LogP contribution in [0.3, 0.4) is 0 Å². The highest BCUT2D eigenvalue weighted by Crippen LogP contribution is 2.21. The Balaban J connectivity index is 2.22. The molecule has 0 bridgehead atoms. The number of carbonyl (C=O) groups is 1. The van der Waals surface area contributed by atoms with Crippen molar-refractivity contribution in [2.24, 2.45) is 0 Å². The van der Waals surface area contributed by atoms with Crippen LogP contribution in [0.2, 0.25) is 0 Å². The van der Waals surface area contributed by atoms with Gasteiger partial charge in [-0.05, 0) is 25.1 Å². The number of rotatable bonds is 2. The van der Waals surface area contributed by atoms with E-state index in [-0.39, 0.29) is 5.78 Å². The summed E-state index contributed by atoms with van der Waals surface area (Å²) in [6.07, 6.45) is 2.71. The van der Waals surface area contributed by atoms with Gasteiger partial charge in [-0.15, -0.1) is 11.3 Å². The van der Waals surface area contributed by atoms with Crippen molar-refractivity contribution >= 4 is 17.1 Å². The highest BCUT2D eigenvalue weighted by Gasteiger charge is 2.17. The highest BCUT2D eigenvalue weighted by molar-refractivity contribution is 7.14. The smallest absolute Gasteiger partial charge is 0.237 e. The van der Waals surface area contributed by atoms with Crippen LogP contribution in [-0.4, -0.2) is 12.4 Å². The summed E-state index contributed by atoms with van der Waals surface area (Å²) in [5.41, 5.74) is 0. The number of allylic oxidation sites excluding steroid dienone is 1. The van der Waals surface area contributed by atoms with Gasteiger partial charge in [0.25, 0.3) is 0 Å². The molecule has 2 nitrogen and oxygen atoms in total. The Morgan fingerprint density at radius 3 is 2.92 bits per heavy atom. The van der Waals surface area contributed by atoms with Gasteiger partial charge in [-0.2, -0.15) is 0 Å². The molecule has 2 rings (SSSR count). The van der Waals surface area contributed by atoms with Gasteiger partial charge >= 0.3 is 0 Å². The summed E-state index contributed by atoms with van der Waals surface area (Å²) in [5.74, 6) is 0.539. The second kappa shape index (κ2) is 3.34. The Hall–Kier alpha value is -1.09. The molecule has 0 saturated carbocycles. The summed E-state index contributed by atoms with van der Waals surface area (Å²) < 4.78 is 5.20. The zero-order valence-electron chi connectivity index (χ0n) is 7.37. The third-order valence-electron chi connectivity index (χ3n) is 1.89. The molecule has 1 aromatic heterocycles. The van der Waals surface area contributed by atoms with Crippen LogP contribution in [0.15, 0.2) is 24.0 Å². The summed E-state index contributed by atoms with van der Waals surface area (Å²) >= 11 is 1.51. The lowest BCUT2D eigenvalue weighted by Gasteiger charge is -1.98. The maximum Gasteiger partial charge on any atom is 0.237 e. The lowest BCUT2D eigenvalue weighted by atomic mass is 10.2. The largest absolute Gasteiger partial charge is 0.489 e. The number of hydrogen-bond donors (Lipinski definition) is 0. The van der Waals surface area contributed by atoms with E-state index in [1.165, 1.54) is 11.3 Å². The first-order valence-electron chi connectivity index (χ1n) is 4.21. The molecular formula is C10H10O2S. The first kappa shape index (κ1) is 8.51. The summed E-state index contributed by atoms with van der Waals surface area (Å²) in [6.45, 7) is 2.64. The minimum absolute atomic E-state index is 0.0237. The fraction of sp³-hybridized carbons (Fsp3) is 0.300. The van der Waals surface area contributed by atoms with Gasteiger partial charge in [0.15, 0.2) is 5.76 Å². The van der Waals surface area contributed by atoms with Crippen LogP contribution in [-0.2, 0) is 4.74 Å². The molecule has 0 saturated heterocycles. The van der Waals surface area contributed by atoms with E-state index in [1.54, 1.807) is 0 Å². The van der Waals surface area contributed by atoms with Crippen molar-refractivity contribution in [2.75, 3.05) is 6.61 Å². The van der Waals surface area contributed by atoms with Crippen LogP contribution in [0.25, 0.3) is 0 Å². The van der Waals surface area contributed by atoms with Gasteiger partial charge in [0.2, 0.25) is 5.78 Å². The average Bonchev–Trinajstić information content (AvgIpc) is 2.72. The van der Waals surface area contributed by atoms with Crippen molar-refractivity contribution in [1.29, 1.82) is 0 Å². The van der Waals surface area contributed by atoms with Gasteiger partial charge in [-0.1, -0.05) is 0 Å². The number of ether oxygens (including phenoxy) is 1. The third kappa shape index (κ3) is 1.65. The van der Waals surface area contributed by atoms with Crippen LogP contribution in [0.5, 0.6) is 0 Å². The van der Waals surface area contributed by atoms with Crippen LogP contribution in [0, 0.1) is 6.92 Å². The van der Waals surface area contributed by atoms with E-state index in [0.29, 0.717) is 12.4 Å². The number of aryl methyl sites for hydroxylation is 1. The molecule has 1 aliphatic heterocycles. The summed E-state index contributed by atoms with van der Waals surface area (Å²) in [7, 11) is 0. The molecule has 0 unspecified atom stereocenters. The molecule has 68 valence electrons. The molecule has 0 atom stereocenters. The summed E-state index contributed by atoms with van der Waals surface area (Å²) in [6, 6.07) is 3.80. The van der Waals surface area contributed by atoms with Crippen LogP contribution in [0.4, 0.5) is 0 Å². The van der Waals surface area contributed by atoms with E-state index in [1.807, 2.05) is 25.1 Å². The molecule has 0 aromatic carbocycles. The quantitative estimate of drug-likeness (QED) is 0.676. The van der Waals surface area contributed by atoms with Gasteiger partial charge in [0.1, 0.15) is 0 Å². The highest BCUT2D eigenvalue weighted by atomic mass is 32.1. The number of carbonyl (C=O) groups excluding carboxylic acids is 1. The van der Waals surface area contributed by atoms with Crippen molar-refractivity contribution in [2.45, 2.75) is 13.3 Å².